The Hall–Kier alpha value is -2.66. The van der Waals surface area contributed by atoms with Gasteiger partial charge in [0.05, 0.1) is 42.8 Å². The Balaban J connectivity index is 2.29. The Labute approximate surface area is 189 Å². The minimum atomic E-state index is -4.72. The highest BCUT2D eigenvalue weighted by molar-refractivity contribution is 7.92. The first kappa shape index (κ1) is 25.6. The number of sulfonamides is 1. The largest absolute Gasteiger partial charge is 0.493 e. The number of halogens is 4. The molecule has 1 amide bonds. The summed E-state index contributed by atoms with van der Waals surface area (Å²) in [6.07, 6.45) is -3.94. The summed E-state index contributed by atoms with van der Waals surface area (Å²) in [6, 6.07) is 6.65. The van der Waals surface area contributed by atoms with Crippen LogP contribution in [0.25, 0.3) is 0 Å². The predicted molar refractivity (Wildman–Crippen MR) is 115 cm³/mol. The van der Waals surface area contributed by atoms with Crippen molar-refractivity contribution in [3.05, 3.63) is 52.5 Å². The fourth-order valence-corrected chi connectivity index (χ4v) is 4.01. The van der Waals surface area contributed by atoms with E-state index >= 15 is 0 Å². The first-order valence-corrected chi connectivity index (χ1v) is 11.4. The molecular formula is C20H22ClF3N2O5S. The van der Waals surface area contributed by atoms with Crippen molar-refractivity contribution in [2.24, 2.45) is 0 Å². The summed E-state index contributed by atoms with van der Waals surface area (Å²) in [7, 11) is -1.21. The van der Waals surface area contributed by atoms with E-state index in [0.29, 0.717) is 27.4 Å². The molecule has 0 bridgehead atoms. The number of carbonyl (C=O) groups is 1. The molecule has 1 atom stereocenters. The number of hydrogen-bond acceptors (Lipinski definition) is 5. The molecule has 0 radical (unpaired) electrons. The third-order valence-electron chi connectivity index (χ3n) is 4.51. The van der Waals surface area contributed by atoms with Crippen molar-refractivity contribution in [1.29, 1.82) is 0 Å². The van der Waals surface area contributed by atoms with Gasteiger partial charge in [0.25, 0.3) is 0 Å². The number of anilines is 1. The van der Waals surface area contributed by atoms with Crippen LogP contribution >= 0.6 is 11.6 Å². The molecule has 0 spiro atoms. The second-order valence-corrected chi connectivity index (χ2v) is 9.15. The molecule has 0 aromatic heterocycles. The molecule has 0 heterocycles. The van der Waals surface area contributed by atoms with Crippen molar-refractivity contribution in [2.75, 3.05) is 31.3 Å². The number of hydrogen-bond donors (Lipinski definition) is 1. The van der Waals surface area contributed by atoms with Crippen molar-refractivity contribution in [2.45, 2.75) is 19.1 Å². The van der Waals surface area contributed by atoms with Gasteiger partial charge in [-0.25, -0.2) is 8.42 Å². The average molecular weight is 495 g/mol. The maximum atomic E-state index is 13.1. The van der Waals surface area contributed by atoms with E-state index in [1.54, 1.807) is 25.1 Å². The Morgan fingerprint density at radius 3 is 2.28 bits per heavy atom. The van der Waals surface area contributed by atoms with Crippen molar-refractivity contribution >= 4 is 33.2 Å². The molecule has 7 nitrogen and oxygen atoms in total. The zero-order chi connectivity index (χ0) is 24.3. The average Bonchev–Trinajstić information content (AvgIpc) is 2.70. The van der Waals surface area contributed by atoms with Gasteiger partial charge in [-0.2, -0.15) is 13.2 Å². The Kier molecular flexibility index (Phi) is 7.89. The van der Waals surface area contributed by atoms with Gasteiger partial charge >= 0.3 is 6.18 Å². The molecule has 0 aliphatic rings. The number of amides is 1. The summed E-state index contributed by atoms with van der Waals surface area (Å²) in [5.74, 6) is 0.169. The van der Waals surface area contributed by atoms with E-state index in [4.69, 9.17) is 21.1 Å². The minimum absolute atomic E-state index is 0.246. The fourth-order valence-electron chi connectivity index (χ4n) is 2.88. The van der Waals surface area contributed by atoms with Crippen LogP contribution in [0, 0.1) is 0 Å². The van der Waals surface area contributed by atoms with Gasteiger partial charge < -0.3 is 14.8 Å². The number of nitrogens with zero attached hydrogens (tertiary/aromatic N) is 1. The second kappa shape index (κ2) is 9.86. The van der Waals surface area contributed by atoms with Gasteiger partial charge in [0.15, 0.2) is 11.5 Å². The molecule has 2 aromatic carbocycles. The van der Waals surface area contributed by atoms with Crippen LogP contribution in [0.2, 0.25) is 5.02 Å². The van der Waals surface area contributed by atoms with Gasteiger partial charge in [0.2, 0.25) is 15.9 Å². The predicted octanol–water partition coefficient (Wildman–Crippen LogP) is 4.02. The number of carbonyl (C=O) groups excluding carboxylic acids is 1. The SMILES string of the molecule is COc1ccc(C(C)NC(=O)CN(c2cc(C(F)(F)F)ccc2Cl)S(C)(=O)=O)cc1OC. The Bertz CT molecular complexity index is 1090. The van der Waals surface area contributed by atoms with E-state index in [1.807, 2.05) is 0 Å². The Morgan fingerprint density at radius 2 is 1.75 bits per heavy atom. The number of benzene rings is 2. The molecule has 0 fully saturated rings. The summed E-state index contributed by atoms with van der Waals surface area (Å²) in [5.41, 5.74) is -0.901. The van der Waals surface area contributed by atoms with E-state index < -0.39 is 45.9 Å². The molecule has 1 N–H and O–H groups in total. The molecule has 0 aliphatic carbocycles. The van der Waals surface area contributed by atoms with Crippen LogP contribution in [0.1, 0.15) is 24.1 Å². The van der Waals surface area contributed by atoms with Crippen molar-refractivity contribution in [3.63, 3.8) is 0 Å². The summed E-state index contributed by atoms with van der Waals surface area (Å²) >= 11 is 5.96. The van der Waals surface area contributed by atoms with E-state index in [2.05, 4.69) is 5.32 Å². The zero-order valence-corrected chi connectivity index (χ0v) is 19.2. The molecule has 1 unspecified atom stereocenters. The first-order chi connectivity index (χ1) is 14.8. The number of alkyl halides is 3. The van der Waals surface area contributed by atoms with Gasteiger partial charge in [0.1, 0.15) is 6.54 Å². The third-order valence-corrected chi connectivity index (χ3v) is 5.96. The number of methoxy groups -OCH3 is 2. The summed E-state index contributed by atoms with van der Waals surface area (Å²) in [6.45, 7) is 0.888. The van der Waals surface area contributed by atoms with Crippen LogP contribution in [-0.4, -0.2) is 41.3 Å². The van der Waals surface area contributed by atoms with Crippen molar-refractivity contribution in [1.82, 2.24) is 5.32 Å². The molecule has 0 saturated carbocycles. The summed E-state index contributed by atoms with van der Waals surface area (Å²) < 4.78 is 74.7. The molecule has 2 rings (SSSR count). The van der Waals surface area contributed by atoms with Crippen LogP contribution in [-0.2, 0) is 21.0 Å². The smallest absolute Gasteiger partial charge is 0.416 e. The van der Waals surface area contributed by atoms with Crippen LogP contribution in [0.4, 0.5) is 18.9 Å². The second-order valence-electron chi connectivity index (χ2n) is 6.84. The lowest BCUT2D eigenvalue weighted by Gasteiger charge is -2.25. The standard InChI is InChI=1S/C20H22ClF3N2O5S/c1-12(13-5-8-17(30-2)18(9-13)31-3)25-19(27)11-26(32(4,28)29)16-10-14(20(22,23)24)6-7-15(16)21/h5-10,12H,11H2,1-4H3,(H,25,27). The Morgan fingerprint density at radius 1 is 1.12 bits per heavy atom. The maximum absolute atomic E-state index is 13.1. The monoisotopic (exact) mass is 494 g/mol. The summed E-state index contributed by atoms with van der Waals surface area (Å²) in [5, 5.41) is 2.37. The maximum Gasteiger partial charge on any atom is 0.416 e. The normalized spacial score (nSPS) is 12.8. The van der Waals surface area contributed by atoms with Gasteiger partial charge in [0, 0.05) is 0 Å². The highest BCUT2D eigenvalue weighted by atomic mass is 35.5. The minimum Gasteiger partial charge on any atom is -0.493 e. The lowest BCUT2D eigenvalue weighted by Crippen LogP contribution is -2.41. The first-order valence-electron chi connectivity index (χ1n) is 9.13. The van der Waals surface area contributed by atoms with Crippen LogP contribution in [0.5, 0.6) is 11.5 Å². The van der Waals surface area contributed by atoms with Gasteiger partial charge in [-0.3, -0.25) is 9.10 Å². The van der Waals surface area contributed by atoms with E-state index in [0.717, 1.165) is 18.4 Å². The topological polar surface area (TPSA) is 84.9 Å². The molecule has 12 heteroatoms. The van der Waals surface area contributed by atoms with Crippen LogP contribution in [0.3, 0.4) is 0 Å². The van der Waals surface area contributed by atoms with Gasteiger partial charge in [-0.05, 0) is 42.8 Å². The van der Waals surface area contributed by atoms with Gasteiger partial charge in [-0.15, -0.1) is 0 Å². The lowest BCUT2D eigenvalue weighted by molar-refractivity contribution is -0.137. The van der Waals surface area contributed by atoms with E-state index in [1.165, 1.54) is 14.2 Å². The van der Waals surface area contributed by atoms with Gasteiger partial charge in [-0.1, -0.05) is 17.7 Å². The van der Waals surface area contributed by atoms with E-state index in [-0.39, 0.29) is 5.02 Å². The van der Waals surface area contributed by atoms with Crippen LogP contribution < -0.4 is 19.1 Å². The highest BCUT2D eigenvalue weighted by Crippen LogP contribution is 2.36. The molecular weight excluding hydrogens is 473 g/mol. The number of ether oxygens (including phenoxy) is 2. The zero-order valence-electron chi connectivity index (χ0n) is 17.7. The lowest BCUT2D eigenvalue weighted by atomic mass is 10.1. The summed E-state index contributed by atoms with van der Waals surface area (Å²) in [4.78, 5) is 12.6. The molecule has 0 saturated heterocycles. The van der Waals surface area contributed by atoms with E-state index in [9.17, 15) is 26.4 Å². The molecule has 0 aliphatic heterocycles. The highest BCUT2D eigenvalue weighted by Gasteiger charge is 2.33. The molecule has 2 aromatic rings. The van der Waals surface area contributed by atoms with Crippen molar-refractivity contribution in [3.8, 4) is 11.5 Å². The van der Waals surface area contributed by atoms with Crippen LogP contribution in [0.15, 0.2) is 36.4 Å². The quantitative estimate of drug-likeness (QED) is 0.599. The fraction of sp³-hybridized carbons (Fsp3) is 0.350. The van der Waals surface area contributed by atoms with Crippen molar-refractivity contribution < 1.29 is 35.9 Å². The number of nitrogens with one attached hydrogen (secondary N) is 1. The molecule has 176 valence electrons. The molecule has 32 heavy (non-hydrogen) atoms. The third kappa shape index (κ3) is 6.19. The number of rotatable bonds is 8.